The number of esters is 1. The van der Waals surface area contributed by atoms with Gasteiger partial charge in [-0.05, 0) is 6.92 Å². The Labute approximate surface area is 104 Å². The van der Waals surface area contributed by atoms with Crippen molar-refractivity contribution in [1.82, 2.24) is 0 Å². The molecule has 0 amide bonds. The monoisotopic (exact) mass is 268 g/mol. The summed E-state index contributed by atoms with van der Waals surface area (Å²) in [4.78, 5) is 19.7. The van der Waals surface area contributed by atoms with Crippen LogP contribution in [0.4, 0.5) is 0 Å². The molecule has 8 nitrogen and oxygen atoms in total. The molecule has 0 heterocycles. The Balaban J connectivity index is 0. The summed E-state index contributed by atoms with van der Waals surface area (Å²) in [5, 5.41) is 43.5. The van der Waals surface area contributed by atoms with Gasteiger partial charge in [-0.2, -0.15) is 0 Å². The number of carbonyl (C=O) groups is 2. The van der Waals surface area contributed by atoms with Crippen molar-refractivity contribution in [2.45, 2.75) is 38.3 Å². The van der Waals surface area contributed by atoms with E-state index < -0.39 is 31.0 Å². The molecule has 0 spiro atoms. The first-order valence-electron chi connectivity index (χ1n) is 5.23. The summed E-state index contributed by atoms with van der Waals surface area (Å²) in [6.45, 7) is 2.89. The molecule has 0 bridgehead atoms. The predicted octanol–water partition coefficient (Wildman–Crippen LogP) is -2.81. The van der Waals surface area contributed by atoms with Crippen LogP contribution in [0.15, 0.2) is 0 Å². The summed E-state index contributed by atoms with van der Waals surface area (Å²) >= 11 is 0. The van der Waals surface area contributed by atoms with Crippen molar-refractivity contribution < 1.29 is 39.9 Å². The summed E-state index contributed by atoms with van der Waals surface area (Å²) in [6.07, 6.45) is -6.84. The maximum Gasteiger partial charge on any atom is 0.302 e. The highest BCUT2D eigenvalue weighted by atomic mass is 16.5. The van der Waals surface area contributed by atoms with E-state index in [1.807, 2.05) is 0 Å². The van der Waals surface area contributed by atoms with Gasteiger partial charge in [-0.3, -0.25) is 4.79 Å². The van der Waals surface area contributed by atoms with Crippen LogP contribution in [-0.4, -0.2) is 75.4 Å². The van der Waals surface area contributed by atoms with Crippen molar-refractivity contribution in [1.29, 1.82) is 0 Å². The van der Waals surface area contributed by atoms with Gasteiger partial charge in [-0.1, -0.05) is 0 Å². The van der Waals surface area contributed by atoms with Crippen molar-refractivity contribution in [3.05, 3.63) is 0 Å². The Kier molecular flexibility index (Phi) is 11.8. The lowest BCUT2D eigenvalue weighted by molar-refractivity contribution is -0.140. The minimum Gasteiger partial charge on any atom is -0.466 e. The fourth-order valence-corrected chi connectivity index (χ4v) is 0.821. The minimum absolute atomic E-state index is 0.0258. The van der Waals surface area contributed by atoms with Gasteiger partial charge in [-0.25, -0.2) is 0 Å². The second-order valence-corrected chi connectivity index (χ2v) is 3.28. The summed E-state index contributed by atoms with van der Waals surface area (Å²) < 4.78 is 4.40. The third-order valence-corrected chi connectivity index (χ3v) is 1.77. The summed E-state index contributed by atoms with van der Waals surface area (Å²) in [5.41, 5.74) is 0. The van der Waals surface area contributed by atoms with E-state index in [1.165, 1.54) is 6.92 Å². The zero-order valence-electron chi connectivity index (χ0n) is 10.3. The minimum atomic E-state index is -1.79. The number of aldehydes is 1. The van der Waals surface area contributed by atoms with Gasteiger partial charge < -0.3 is 35.1 Å². The number of rotatable bonds is 6. The summed E-state index contributed by atoms with van der Waals surface area (Å²) in [6, 6.07) is 0. The van der Waals surface area contributed by atoms with Crippen molar-refractivity contribution in [3.8, 4) is 0 Å². The fourth-order valence-electron chi connectivity index (χ4n) is 0.821. The zero-order chi connectivity index (χ0) is 14.7. The Bertz CT molecular complexity index is 232. The van der Waals surface area contributed by atoms with Gasteiger partial charge in [-0.15, -0.1) is 0 Å². The van der Waals surface area contributed by atoms with Gasteiger partial charge in [0.05, 0.1) is 13.2 Å². The third-order valence-electron chi connectivity index (χ3n) is 1.77. The molecule has 0 aromatic heterocycles. The summed E-state index contributed by atoms with van der Waals surface area (Å²) in [7, 11) is 0. The average molecular weight is 268 g/mol. The van der Waals surface area contributed by atoms with Gasteiger partial charge in [0.2, 0.25) is 0 Å². The van der Waals surface area contributed by atoms with Crippen LogP contribution >= 0.6 is 0 Å². The molecule has 0 radical (unpaired) electrons. The SMILES string of the molecule is CCOC(C)=O.O=C[C@H](O)[C@@H](O)[C@H](O)[C@H](O)CO. The molecule has 0 aromatic rings. The molecule has 0 aliphatic rings. The van der Waals surface area contributed by atoms with Gasteiger partial charge in [0.25, 0.3) is 0 Å². The van der Waals surface area contributed by atoms with Crippen LogP contribution < -0.4 is 0 Å². The molecule has 0 saturated carbocycles. The van der Waals surface area contributed by atoms with Gasteiger partial charge >= 0.3 is 5.97 Å². The molecule has 8 heteroatoms. The van der Waals surface area contributed by atoms with Crippen LogP contribution in [0.3, 0.4) is 0 Å². The number of hydrogen-bond donors (Lipinski definition) is 5. The second kappa shape index (κ2) is 11.1. The molecule has 0 aliphatic heterocycles. The van der Waals surface area contributed by atoms with Crippen molar-refractivity contribution in [2.24, 2.45) is 0 Å². The molecule has 108 valence electrons. The molecule has 0 rings (SSSR count). The molecule has 4 atom stereocenters. The zero-order valence-corrected chi connectivity index (χ0v) is 10.3. The Morgan fingerprint density at radius 2 is 1.72 bits per heavy atom. The third kappa shape index (κ3) is 9.02. The molecule has 0 aliphatic carbocycles. The molecule has 0 unspecified atom stereocenters. The first-order valence-corrected chi connectivity index (χ1v) is 5.23. The highest BCUT2D eigenvalue weighted by Crippen LogP contribution is 2.02. The maximum absolute atomic E-state index is 9.90. The molecule has 0 fully saturated rings. The smallest absolute Gasteiger partial charge is 0.302 e. The lowest BCUT2D eigenvalue weighted by Gasteiger charge is -2.22. The van der Waals surface area contributed by atoms with E-state index in [0.29, 0.717) is 6.61 Å². The van der Waals surface area contributed by atoms with E-state index in [4.69, 9.17) is 25.5 Å². The first kappa shape index (κ1) is 19.3. The average Bonchev–Trinajstić information content (AvgIpc) is 2.35. The van der Waals surface area contributed by atoms with Gasteiger partial charge in [0, 0.05) is 6.92 Å². The van der Waals surface area contributed by atoms with Crippen LogP contribution in [0, 0.1) is 0 Å². The van der Waals surface area contributed by atoms with Crippen molar-refractivity contribution in [2.75, 3.05) is 13.2 Å². The highest BCUT2D eigenvalue weighted by molar-refractivity contribution is 5.65. The Hall–Kier alpha value is -1.06. The van der Waals surface area contributed by atoms with E-state index in [9.17, 15) is 9.59 Å². The standard InChI is InChI=1S/C6H12O6.C4H8O2/c7-1-3(9)5(11)6(12)4(10)2-8;1-3-6-4(2)5/h1,3-6,8-12H,2H2;3H2,1-2H3/t3-,4+,5+,6+;/m0./s1. The molecule has 0 saturated heterocycles. The van der Waals surface area contributed by atoms with E-state index >= 15 is 0 Å². The van der Waals surface area contributed by atoms with E-state index in [-0.39, 0.29) is 12.3 Å². The van der Waals surface area contributed by atoms with E-state index in [2.05, 4.69) is 4.74 Å². The van der Waals surface area contributed by atoms with Gasteiger partial charge in [0.15, 0.2) is 6.29 Å². The van der Waals surface area contributed by atoms with Crippen LogP contribution in [0.25, 0.3) is 0 Å². The molecular weight excluding hydrogens is 248 g/mol. The first-order chi connectivity index (χ1) is 8.31. The van der Waals surface area contributed by atoms with E-state index in [0.717, 1.165) is 0 Å². The molecule has 5 N–H and O–H groups in total. The number of aliphatic hydroxyl groups is 5. The molecule has 18 heavy (non-hydrogen) atoms. The summed E-state index contributed by atoms with van der Waals surface area (Å²) in [5.74, 6) is -0.211. The van der Waals surface area contributed by atoms with Crippen molar-refractivity contribution in [3.63, 3.8) is 0 Å². The van der Waals surface area contributed by atoms with Crippen LogP contribution in [0.2, 0.25) is 0 Å². The number of aliphatic hydroxyl groups excluding tert-OH is 5. The quantitative estimate of drug-likeness (QED) is 0.256. The Morgan fingerprint density at radius 3 is 1.94 bits per heavy atom. The molecular formula is C10H20O8. The van der Waals surface area contributed by atoms with Gasteiger partial charge in [0.1, 0.15) is 24.4 Å². The Morgan fingerprint density at radius 1 is 1.22 bits per heavy atom. The maximum atomic E-state index is 9.90. The van der Waals surface area contributed by atoms with Crippen molar-refractivity contribution >= 4 is 12.3 Å². The van der Waals surface area contributed by atoms with Crippen LogP contribution in [0.5, 0.6) is 0 Å². The largest absolute Gasteiger partial charge is 0.466 e. The number of hydrogen-bond acceptors (Lipinski definition) is 8. The molecule has 0 aromatic carbocycles. The lowest BCUT2D eigenvalue weighted by atomic mass is 10.0. The fraction of sp³-hybridized carbons (Fsp3) is 0.800. The number of carbonyl (C=O) groups excluding carboxylic acids is 2. The lowest BCUT2D eigenvalue weighted by Crippen LogP contribution is -2.46. The van der Waals surface area contributed by atoms with Crippen LogP contribution in [-0.2, 0) is 14.3 Å². The normalized spacial score (nSPS) is 16.6. The predicted molar refractivity (Wildman–Crippen MR) is 59.5 cm³/mol. The highest BCUT2D eigenvalue weighted by Gasteiger charge is 2.29. The van der Waals surface area contributed by atoms with Crippen LogP contribution in [0.1, 0.15) is 13.8 Å². The second-order valence-electron chi connectivity index (χ2n) is 3.28. The number of ether oxygens (including phenoxy) is 1. The topological polar surface area (TPSA) is 145 Å². The van der Waals surface area contributed by atoms with E-state index in [1.54, 1.807) is 6.92 Å².